The topological polar surface area (TPSA) is 36.9 Å². The van der Waals surface area contributed by atoms with Gasteiger partial charge in [0, 0.05) is 25.2 Å². The van der Waals surface area contributed by atoms with Crippen LogP contribution < -0.4 is 4.90 Å². The van der Waals surface area contributed by atoms with Gasteiger partial charge in [0.2, 0.25) is 5.95 Å². The van der Waals surface area contributed by atoms with Gasteiger partial charge in [-0.15, -0.1) is 5.10 Å². The molecule has 1 aromatic carbocycles. The lowest BCUT2D eigenvalue weighted by molar-refractivity contribution is 0.654. The zero-order chi connectivity index (χ0) is 13.8. The molecule has 102 valence electrons. The van der Waals surface area contributed by atoms with E-state index in [0.717, 1.165) is 29.5 Å². The van der Waals surface area contributed by atoms with E-state index >= 15 is 0 Å². The molecule has 0 saturated carbocycles. The molecule has 0 amide bonds. The van der Waals surface area contributed by atoms with Crippen LogP contribution in [0.2, 0.25) is 5.02 Å². The molecule has 2 rings (SSSR count). The van der Waals surface area contributed by atoms with E-state index in [1.807, 2.05) is 40.8 Å². The number of hydrogen-bond acceptors (Lipinski definition) is 3. The van der Waals surface area contributed by atoms with E-state index in [2.05, 4.69) is 17.1 Å². The second-order valence-electron chi connectivity index (χ2n) is 4.43. The molecule has 0 aliphatic heterocycles. The molecule has 0 spiro atoms. The van der Waals surface area contributed by atoms with Gasteiger partial charge >= 0.3 is 0 Å². The smallest absolute Gasteiger partial charge is 0.225 e. The minimum atomic E-state index is 0.655. The molecule has 0 aliphatic rings. The normalized spacial score (nSPS) is 10.7. The molecule has 2 aromatic rings. The second kappa shape index (κ2) is 6.21. The van der Waals surface area contributed by atoms with E-state index in [-0.39, 0.29) is 0 Å². The number of benzene rings is 1. The molecule has 0 atom stereocenters. The number of aromatic amines is 1. The summed E-state index contributed by atoms with van der Waals surface area (Å²) in [4.78, 5) is 2.04. The molecule has 0 bridgehead atoms. The Balaban J connectivity index is 2.23. The quantitative estimate of drug-likeness (QED) is 0.856. The van der Waals surface area contributed by atoms with Crippen molar-refractivity contribution in [1.82, 2.24) is 14.8 Å². The lowest BCUT2D eigenvalue weighted by Gasteiger charge is -2.19. The molecule has 1 N–H and O–H groups in total. The van der Waals surface area contributed by atoms with Gasteiger partial charge in [0.25, 0.3) is 0 Å². The fraction of sp³-hybridized carbons (Fsp3) is 0.385. The molecule has 6 heteroatoms. The van der Waals surface area contributed by atoms with Crippen molar-refractivity contribution in [2.24, 2.45) is 0 Å². The monoisotopic (exact) mass is 296 g/mol. The van der Waals surface area contributed by atoms with Crippen LogP contribution in [0.3, 0.4) is 0 Å². The van der Waals surface area contributed by atoms with Gasteiger partial charge in [0.1, 0.15) is 0 Å². The predicted molar refractivity (Wildman–Crippen MR) is 81.3 cm³/mol. The van der Waals surface area contributed by atoms with Crippen LogP contribution in [-0.2, 0) is 13.1 Å². The number of H-pyrrole nitrogens is 1. The van der Waals surface area contributed by atoms with Crippen LogP contribution in [-0.4, -0.2) is 21.8 Å². The fourth-order valence-electron chi connectivity index (χ4n) is 1.98. The Bertz CT molecular complexity index is 605. The highest BCUT2D eigenvalue weighted by molar-refractivity contribution is 7.71. The van der Waals surface area contributed by atoms with Crippen molar-refractivity contribution in [2.75, 3.05) is 11.9 Å². The maximum Gasteiger partial charge on any atom is 0.225 e. The fourth-order valence-corrected chi connectivity index (χ4v) is 2.39. The van der Waals surface area contributed by atoms with Crippen LogP contribution in [0.5, 0.6) is 0 Å². The SMILES string of the molecule is CCCn1c(N(C)Cc2ccccc2Cl)n[nH]c1=S. The maximum absolute atomic E-state index is 6.18. The van der Waals surface area contributed by atoms with Crippen molar-refractivity contribution in [2.45, 2.75) is 26.4 Å². The highest BCUT2D eigenvalue weighted by Gasteiger charge is 2.12. The summed E-state index contributed by atoms with van der Waals surface area (Å²) in [6.07, 6.45) is 1.01. The average molecular weight is 297 g/mol. The first kappa shape index (κ1) is 14.1. The zero-order valence-electron chi connectivity index (χ0n) is 11.1. The first-order valence-electron chi connectivity index (χ1n) is 6.23. The van der Waals surface area contributed by atoms with E-state index in [4.69, 9.17) is 23.8 Å². The van der Waals surface area contributed by atoms with Gasteiger partial charge in [0.15, 0.2) is 4.77 Å². The van der Waals surface area contributed by atoms with E-state index in [1.54, 1.807) is 0 Å². The predicted octanol–water partition coefficient (Wildman–Crippen LogP) is 3.64. The van der Waals surface area contributed by atoms with Gasteiger partial charge in [0.05, 0.1) is 0 Å². The third kappa shape index (κ3) is 3.16. The Morgan fingerprint density at radius 1 is 1.42 bits per heavy atom. The van der Waals surface area contributed by atoms with Crippen molar-refractivity contribution in [1.29, 1.82) is 0 Å². The van der Waals surface area contributed by atoms with Gasteiger partial charge in [-0.2, -0.15) is 0 Å². The largest absolute Gasteiger partial charge is 0.340 e. The summed E-state index contributed by atoms with van der Waals surface area (Å²) in [6.45, 7) is 3.67. The summed E-state index contributed by atoms with van der Waals surface area (Å²) >= 11 is 11.4. The Labute approximate surface area is 123 Å². The maximum atomic E-state index is 6.18. The van der Waals surface area contributed by atoms with Gasteiger partial charge in [-0.1, -0.05) is 36.7 Å². The molecule has 0 unspecified atom stereocenters. The minimum Gasteiger partial charge on any atom is -0.340 e. The Kier molecular flexibility index (Phi) is 4.61. The summed E-state index contributed by atoms with van der Waals surface area (Å²) < 4.78 is 2.66. The van der Waals surface area contributed by atoms with Crippen molar-refractivity contribution in [3.05, 3.63) is 39.6 Å². The molecule has 0 aliphatic carbocycles. The highest BCUT2D eigenvalue weighted by atomic mass is 35.5. The van der Waals surface area contributed by atoms with Crippen molar-refractivity contribution >= 4 is 29.8 Å². The first-order valence-corrected chi connectivity index (χ1v) is 7.02. The lowest BCUT2D eigenvalue weighted by Crippen LogP contribution is -2.21. The highest BCUT2D eigenvalue weighted by Crippen LogP contribution is 2.19. The van der Waals surface area contributed by atoms with E-state index < -0.39 is 0 Å². The third-order valence-corrected chi connectivity index (χ3v) is 3.57. The van der Waals surface area contributed by atoms with Crippen molar-refractivity contribution in [3.63, 3.8) is 0 Å². The van der Waals surface area contributed by atoms with E-state index in [0.29, 0.717) is 11.3 Å². The standard InChI is InChI=1S/C13H17ClN4S/c1-3-8-18-12(15-16-13(18)19)17(2)9-10-6-4-5-7-11(10)14/h4-7H,3,8-9H2,1-2H3,(H,16,19). The van der Waals surface area contributed by atoms with Crippen LogP contribution in [0.4, 0.5) is 5.95 Å². The van der Waals surface area contributed by atoms with Crippen LogP contribution in [0.1, 0.15) is 18.9 Å². The molecule has 1 aromatic heterocycles. The molecular formula is C13H17ClN4S. The van der Waals surface area contributed by atoms with Gasteiger partial charge < -0.3 is 4.90 Å². The Hall–Kier alpha value is -1.33. The van der Waals surface area contributed by atoms with Crippen LogP contribution in [0, 0.1) is 4.77 Å². The number of halogens is 1. The first-order chi connectivity index (χ1) is 9.13. The minimum absolute atomic E-state index is 0.655. The van der Waals surface area contributed by atoms with Gasteiger partial charge in [-0.05, 0) is 30.3 Å². The number of hydrogen-bond donors (Lipinski definition) is 1. The zero-order valence-corrected chi connectivity index (χ0v) is 12.6. The number of anilines is 1. The van der Waals surface area contributed by atoms with Crippen molar-refractivity contribution < 1.29 is 0 Å². The molecule has 0 radical (unpaired) electrons. The lowest BCUT2D eigenvalue weighted by atomic mass is 10.2. The molecule has 0 fully saturated rings. The molecule has 19 heavy (non-hydrogen) atoms. The van der Waals surface area contributed by atoms with Crippen LogP contribution in [0.25, 0.3) is 0 Å². The average Bonchev–Trinajstić information content (AvgIpc) is 2.75. The van der Waals surface area contributed by atoms with E-state index in [9.17, 15) is 0 Å². The van der Waals surface area contributed by atoms with Gasteiger partial charge in [-0.3, -0.25) is 4.57 Å². The van der Waals surface area contributed by atoms with Crippen molar-refractivity contribution in [3.8, 4) is 0 Å². The summed E-state index contributed by atoms with van der Waals surface area (Å²) in [6, 6.07) is 7.83. The van der Waals surface area contributed by atoms with Crippen LogP contribution in [0.15, 0.2) is 24.3 Å². The third-order valence-electron chi connectivity index (χ3n) is 2.89. The molecule has 4 nitrogen and oxygen atoms in total. The summed E-state index contributed by atoms with van der Waals surface area (Å²) in [5, 5.41) is 7.90. The second-order valence-corrected chi connectivity index (χ2v) is 5.22. The summed E-state index contributed by atoms with van der Waals surface area (Å²) in [7, 11) is 1.99. The summed E-state index contributed by atoms with van der Waals surface area (Å²) in [5.41, 5.74) is 1.07. The van der Waals surface area contributed by atoms with E-state index in [1.165, 1.54) is 0 Å². The number of nitrogens with zero attached hydrogens (tertiary/aromatic N) is 3. The Morgan fingerprint density at radius 3 is 2.84 bits per heavy atom. The Morgan fingerprint density at radius 2 is 2.16 bits per heavy atom. The van der Waals surface area contributed by atoms with Crippen LogP contribution >= 0.6 is 23.8 Å². The number of nitrogens with one attached hydrogen (secondary N) is 1. The number of rotatable bonds is 5. The number of aromatic nitrogens is 3. The summed E-state index contributed by atoms with van der Waals surface area (Å²) in [5.74, 6) is 0.840. The van der Waals surface area contributed by atoms with Gasteiger partial charge in [-0.25, -0.2) is 5.10 Å². The molecule has 1 heterocycles. The molecular weight excluding hydrogens is 280 g/mol. The molecule has 0 saturated heterocycles.